The molecule has 4 nitrogen and oxygen atoms in total. The summed E-state index contributed by atoms with van der Waals surface area (Å²) < 4.78 is 50.1. The summed E-state index contributed by atoms with van der Waals surface area (Å²) in [7, 11) is 0. The fraction of sp³-hybridized carbons (Fsp3) is 0.623. The van der Waals surface area contributed by atoms with Gasteiger partial charge < -0.3 is 0 Å². The van der Waals surface area contributed by atoms with Gasteiger partial charge >= 0.3 is 0 Å². The first kappa shape index (κ1) is 51.2. The molecule has 6 aromatic rings. The Morgan fingerprint density at radius 1 is 0.415 bits per heavy atom. The monoisotopic (exact) mass is 1090 g/mol. The SMILES string of the molecule is CCCCCCCCCCCCCCCCC1(CCCCCCCCCCCCCCCC)c2cc(-c3cc(F)c(Br)c4nsnc34)sc2-c2sc(-c3cc(F)c(Br)c4nsnc34)cc21. The molecular weight excluding hydrogens is 1020 g/mol. The predicted octanol–water partition coefficient (Wildman–Crippen LogP) is 21.0. The van der Waals surface area contributed by atoms with Crippen LogP contribution in [0, 0.1) is 11.6 Å². The van der Waals surface area contributed by atoms with E-state index in [0.29, 0.717) is 20.0 Å². The number of fused-ring (bicyclic) bond motifs is 5. The quantitative estimate of drug-likeness (QED) is 0.0395. The molecule has 0 bridgehead atoms. The highest BCUT2D eigenvalue weighted by atomic mass is 79.9. The average molecular weight is 1090 g/mol. The van der Waals surface area contributed by atoms with E-state index in [2.05, 4.69) is 75.3 Å². The van der Waals surface area contributed by atoms with E-state index in [4.69, 9.17) is 0 Å². The second kappa shape index (κ2) is 26.3. The summed E-state index contributed by atoms with van der Waals surface area (Å²) >= 11 is 12.7. The third kappa shape index (κ3) is 12.9. The van der Waals surface area contributed by atoms with Crippen molar-refractivity contribution in [1.82, 2.24) is 17.5 Å². The molecule has 2 aromatic carbocycles. The predicted molar refractivity (Wildman–Crippen MR) is 286 cm³/mol. The summed E-state index contributed by atoms with van der Waals surface area (Å²) in [4.78, 5) is 4.61. The summed E-state index contributed by atoms with van der Waals surface area (Å²) in [6, 6.07) is 8.02. The molecule has 0 saturated carbocycles. The normalized spacial score (nSPS) is 13.2. The fourth-order valence-electron chi connectivity index (χ4n) is 10.3. The van der Waals surface area contributed by atoms with Crippen LogP contribution < -0.4 is 0 Å². The van der Waals surface area contributed by atoms with Crippen LogP contribution in [0.5, 0.6) is 0 Å². The number of aromatic nitrogens is 4. The maximum Gasteiger partial charge on any atom is 0.140 e. The van der Waals surface area contributed by atoms with Crippen LogP contribution in [0.2, 0.25) is 0 Å². The summed E-state index contributed by atoms with van der Waals surface area (Å²) in [5, 5.41) is 0. The Morgan fingerprint density at radius 3 is 1.03 bits per heavy atom. The highest BCUT2D eigenvalue weighted by Gasteiger charge is 2.46. The van der Waals surface area contributed by atoms with Crippen LogP contribution in [0.25, 0.3) is 52.7 Å². The van der Waals surface area contributed by atoms with Gasteiger partial charge in [-0.25, -0.2) is 8.78 Å². The van der Waals surface area contributed by atoms with E-state index >= 15 is 8.78 Å². The molecule has 0 aliphatic heterocycles. The highest BCUT2D eigenvalue weighted by Crippen LogP contribution is 2.62. The fourth-order valence-corrected chi connectivity index (χ4v) is 15.1. The molecule has 1 aliphatic carbocycles. The first-order chi connectivity index (χ1) is 31.9. The Morgan fingerprint density at radius 2 is 0.708 bits per heavy atom. The van der Waals surface area contributed by atoms with Crippen molar-refractivity contribution < 1.29 is 8.78 Å². The molecule has 0 N–H and O–H groups in total. The summed E-state index contributed by atoms with van der Waals surface area (Å²) in [6.45, 7) is 4.58. The van der Waals surface area contributed by atoms with Crippen LogP contribution in [-0.2, 0) is 5.41 Å². The van der Waals surface area contributed by atoms with Gasteiger partial charge in [0, 0.05) is 36.1 Å². The lowest BCUT2D eigenvalue weighted by molar-refractivity contribution is 0.398. The number of benzene rings is 2. The number of unbranched alkanes of at least 4 members (excludes halogenated alkanes) is 26. The van der Waals surface area contributed by atoms with Crippen molar-refractivity contribution in [3.05, 3.63) is 56.0 Å². The minimum atomic E-state index is -0.318. The third-order valence-electron chi connectivity index (χ3n) is 14.0. The van der Waals surface area contributed by atoms with Crippen LogP contribution in [0.1, 0.15) is 218 Å². The molecule has 0 atom stereocenters. The van der Waals surface area contributed by atoms with Crippen LogP contribution in [0.3, 0.4) is 0 Å². The Balaban J connectivity index is 1.09. The zero-order valence-corrected chi connectivity index (χ0v) is 45.4. The van der Waals surface area contributed by atoms with Gasteiger partial charge in [0.1, 0.15) is 33.7 Å². The van der Waals surface area contributed by atoms with E-state index in [-0.39, 0.29) is 17.0 Å². The average Bonchev–Trinajstić information content (AvgIpc) is 4.16. The standard InChI is InChI=1S/C53H70Br2F2N4S4/c1-3-5-7-9-11-13-15-17-19-21-23-25-27-29-31-53(32-30-28-26-24-22-20-18-16-14-12-10-8-6-4-2)39-35-43(37-33-41(56)45(54)49-47(37)58-64-60-49)62-51(39)52-40(53)36-44(63-52)38-34-42(57)46(55)50-48(38)59-65-61-50/h33-36H,3-32H2,1-2H3. The number of hydrogen-bond acceptors (Lipinski definition) is 8. The van der Waals surface area contributed by atoms with Gasteiger partial charge in [0.05, 0.1) is 32.4 Å². The van der Waals surface area contributed by atoms with E-state index in [0.717, 1.165) is 81.1 Å². The topological polar surface area (TPSA) is 51.6 Å². The van der Waals surface area contributed by atoms with Crippen molar-refractivity contribution in [2.24, 2.45) is 0 Å². The third-order valence-corrected chi connectivity index (χ3v) is 19.1. The van der Waals surface area contributed by atoms with E-state index in [1.54, 1.807) is 34.8 Å². The van der Waals surface area contributed by atoms with Crippen LogP contribution >= 0.6 is 78.0 Å². The number of hydrogen-bond donors (Lipinski definition) is 0. The Kier molecular flexibility index (Phi) is 20.7. The molecule has 0 amide bonds. The summed E-state index contributed by atoms with van der Waals surface area (Å²) in [5.74, 6) is -0.635. The lowest BCUT2D eigenvalue weighted by Gasteiger charge is -2.31. The van der Waals surface area contributed by atoms with E-state index in [1.165, 1.54) is 188 Å². The van der Waals surface area contributed by atoms with Gasteiger partial charge in [-0.3, -0.25) is 0 Å². The number of thiophene rings is 2. The molecule has 4 heterocycles. The van der Waals surface area contributed by atoms with Crippen molar-refractivity contribution in [3.63, 3.8) is 0 Å². The molecule has 0 unspecified atom stereocenters. The number of rotatable bonds is 32. The lowest BCUT2D eigenvalue weighted by Crippen LogP contribution is -2.25. The van der Waals surface area contributed by atoms with Gasteiger partial charge in [-0.2, -0.15) is 17.5 Å². The molecule has 65 heavy (non-hydrogen) atoms. The van der Waals surface area contributed by atoms with Gasteiger partial charge in [0.15, 0.2) is 0 Å². The van der Waals surface area contributed by atoms with E-state index in [9.17, 15) is 0 Å². The van der Waals surface area contributed by atoms with E-state index < -0.39 is 0 Å². The minimum absolute atomic E-state index is 0.177. The van der Waals surface area contributed by atoms with Gasteiger partial charge in [-0.1, -0.05) is 194 Å². The van der Waals surface area contributed by atoms with Crippen molar-refractivity contribution in [2.45, 2.75) is 212 Å². The molecule has 0 radical (unpaired) electrons. The molecule has 0 fully saturated rings. The van der Waals surface area contributed by atoms with Crippen LogP contribution in [0.4, 0.5) is 8.78 Å². The highest BCUT2D eigenvalue weighted by molar-refractivity contribution is 9.11. The van der Waals surface area contributed by atoms with Crippen molar-refractivity contribution in [2.75, 3.05) is 0 Å². The Hall–Kier alpha value is -1.70. The van der Waals surface area contributed by atoms with Crippen molar-refractivity contribution in [1.29, 1.82) is 0 Å². The Labute approximate surface area is 421 Å². The van der Waals surface area contributed by atoms with Gasteiger partial charge in [0.25, 0.3) is 0 Å². The first-order valence-electron chi connectivity index (χ1n) is 25.4. The second-order valence-electron chi connectivity index (χ2n) is 18.8. The molecule has 12 heteroatoms. The Bertz CT molecular complexity index is 2220. The largest absolute Gasteiger partial charge is 0.206 e. The summed E-state index contributed by atoms with van der Waals surface area (Å²) in [5.41, 5.74) is 6.83. The van der Waals surface area contributed by atoms with Crippen LogP contribution in [-0.4, -0.2) is 17.5 Å². The van der Waals surface area contributed by atoms with Gasteiger partial charge in [-0.05, 0) is 80.1 Å². The molecule has 7 rings (SSSR count). The molecule has 4 aromatic heterocycles. The zero-order valence-electron chi connectivity index (χ0n) is 39.0. The molecule has 1 aliphatic rings. The smallest absolute Gasteiger partial charge is 0.140 e. The van der Waals surface area contributed by atoms with Crippen molar-refractivity contribution >= 4 is 100 Å². The molecule has 354 valence electrons. The maximum absolute atomic E-state index is 15.5. The summed E-state index contributed by atoms with van der Waals surface area (Å²) in [6.07, 6.45) is 39.6. The molecule has 0 saturated heterocycles. The molecule has 0 spiro atoms. The number of nitrogens with zero attached hydrogens (tertiary/aromatic N) is 4. The maximum atomic E-state index is 15.5. The first-order valence-corrected chi connectivity index (χ1v) is 30.1. The minimum Gasteiger partial charge on any atom is -0.206 e. The van der Waals surface area contributed by atoms with Gasteiger partial charge in [0.2, 0.25) is 0 Å². The van der Waals surface area contributed by atoms with Gasteiger partial charge in [-0.15, -0.1) is 22.7 Å². The van der Waals surface area contributed by atoms with E-state index in [1.807, 2.05) is 0 Å². The molecular formula is C53H70Br2F2N4S4. The number of halogens is 4. The lowest BCUT2D eigenvalue weighted by atomic mass is 9.71. The van der Waals surface area contributed by atoms with Crippen LogP contribution in [0.15, 0.2) is 33.2 Å². The van der Waals surface area contributed by atoms with Crippen molar-refractivity contribution in [3.8, 4) is 30.6 Å². The second-order valence-corrected chi connectivity index (χ2v) is 23.6. The zero-order chi connectivity index (χ0) is 45.4.